The number of para-hydroxylation sites is 2. The Morgan fingerprint density at radius 1 is 0.857 bits per heavy atom. The number of nitrogens with one attached hydrogen (secondary N) is 1. The van der Waals surface area contributed by atoms with Crippen LogP contribution in [0.1, 0.15) is 12.8 Å². The van der Waals surface area contributed by atoms with Gasteiger partial charge in [-0.25, -0.2) is 0 Å². The number of carbonyl (C=O) groups excluding carboxylic acids is 2. The zero-order chi connectivity index (χ0) is 19.6. The summed E-state index contributed by atoms with van der Waals surface area (Å²) < 4.78 is 5.73. The predicted molar refractivity (Wildman–Crippen MR) is 109 cm³/mol. The lowest BCUT2D eigenvalue weighted by Gasteiger charge is -2.34. The number of rotatable bonds is 8. The van der Waals surface area contributed by atoms with Crippen molar-refractivity contribution < 1.29 is 14.3 Å². The molecule has 1 fully saturated rings. The smallest absolute Gasteiger partial charge is 0.224 e. The van der Waals surface area contributed by atoms with Gasteiger partial charge in [-0.15, -0.1) is 0 Å². The molecule has 1 aliphatic rings. The highest BCUT2D eigenvalue weighted by molar-refractivity contribution is 5.93. The first-order chi connectivity index (χ1) is 13.7. The quantitative estimate of drug-likeness (QED) is 0.764. The van der Waals surface area contributed by atoms with E-state index in [1.54, 1.807) is 0 Å². The van der Waals surface area contributed by atoms with E-state index in [0.29, 0.717) is 19.7 Å². The van der Waals surface area contributed by atoms with Crippen LogP contribution in [0.25, 0.3) is 0 Å². The molecular weight excluding hydrogens is 354 g/mol. The molecule has 1 N–H and O–H groups in total. The number of piperazine rings is 1. The van der Waals surface area contributed by atoms with Crippen molar-refractivity contribution in [1.29, 1.82) is 0 Å². The minimum atomic E-state index is -0.128. The summed E-state index contributed by atoms with van der Waals surface area (Å²) in [6, 6.07) is 19.1. The van der Waals surface area contributed by atoms with Gasteiger partial charge in [-0.3, -0.25) is 14.5 Å². The van der Waals surface area contributed by atoms with Gasteiger partial charge in [0.15, 0.2) is 0 Å². The lowest BCUT2D eigenvalue weighted by atomic mass is 10.2. The van der Waals surface area contributed by atoms with E-state index in [2.05, 4.69) is 10.2 Å². The van der Waals surface area contributed by atoms with Crippen molar-refractivity contribution in [2.75, 3.05) is 44.6 Å². The lowest BCUT2D eigenvalue weighted by Crippen LogP contribution is -2.49. The van der Waals surface area contributed by atoms with Crippen LogP contribution in [0.2, 0.25) is 0 Å². The van der Waals surface area contributed by atoms with Crippen molar-refractivity contribution in [2.45, 2.75) is 12.8 Å². The third kappa shape index (κ3) is 6.39. The molecule has 2 amide bonds. The van der Waals surface area contributed by atoms with Crippen LogP contribution in [0.15, 0.2) is 60.7 Å². The van der Waals surface area contributed by atoms with Crippen LogP contribution >= 0.6 is 0 Å². The van der Waals surface area contributed by atoms with Gasteiger partial charge >= 0.3 is 0 Å². The minimum absolute atomic E-state index is 0.0448. The van der Waals surface area contributed by atoms with E-state index in [4.69, 9.17) is 4.74 Å². The largest absolute Gasteiger partial charge is 0.492 e. The molecular formula is C22H27N3O3. The molecule has 1 aliphatic heterocycles. The average molecular weight is 381 g/mol. The second kappa shape index (κ2) is 10.5. The summed E-state index contributed by atoms with van der Waals surface area (Å²) >= 11 is 0. The first kappa shape index (κ1) is 19.9. The topological polar surface area (TPSA) is 61.9 Å². The zero-order valence-corrected chi connectivity index (χ0v) is 16.0. The molecule has 6 nitrogen and oxygen atoms in total. The average Bonchev–Trinajstić information content (AvgIpc) is 2.74. The Kier molecular flexibility index (Phi) is 7.44. The van der Waals surface area contributed by atoms with Crippen LogP contribution in [-0.2, 0) is 9.59 Å². The molecule has 0 unspecified atom stereocenters. The van der Waals surface area contributed by atoms with Gasteiger partial charge in [0.05, 0.1) is 0 Å². The van der Waals surface area contributed by atoms with Crippen LogP contribution < -0.4 is 10.1 Å². The van der Waals surface area contributed by atoms with Gasteiger partial charge in [-0.2, -0.15) is 0 Å². The number of carbonyl (C=O) groups is 2. The molecule has 6 heteroatoms. The molecule has 2 aromatic carbocycles. The first-order valence-corrected chi connectivity index (χ1v) is 9.73. The second-order valence-corrected chi connectivity index (χ2v) is 6.80. The van der Waals surface area contributed by atoms with Crippen LogP contribution in [0, 0.1) is 0 Å². The summed E-state index contributed by atoms with van der Waals surface area (Å²) in [6.45, 7) is 4.54. The van der Waals surface area contributed by atoms with Crippen LogP contribution in [0.3, 0.4) is 0 Å². The molecule has 0 bridgehead atoms. The molecule has 3 rings (SSSR count). The number of hydrogen-bond acceptors (Lipinski definition) is 4. The second-order valence-electron chi connectivity index (χ2n) is 6.80. The molecule has 0 radical (unpaired) electrons. The van der Waals surface area contributed by atoms with E-state index < -0.39 is 0 Å². The van der Waals surface area contributed by atoms with Crippen molar-refractivity contribution in [3.05, 3.63) is 60.7 Å². The van der Waals surface area contributed by atoms with E-state index in [1.807, 2.05) is 65.6 Å². The standard InChI is InChI=1S/C22H27N3O3/c26-21(23-19-7-3-1-4-8-19)11-12-22(27)25-15-13-24(14-16-25)17-18-28-20-9-5-2-6-10-20/h1-10H,11-18H2,(H,23,26). The van der Waals surface area contributed by atoms with Crippen molar-refractivity contribution in [1.82, 2.24) is 9.80 Å². The molecule has 148 valence electrons. The maximum absolute atomic E-state index is 12.4. The number of benzene rings is 2. The van der Waals surface area contributed by atoms with E-state index >= 15 is 0 Å². The normalized spacial score (nSPS) is 14.5. The molecule has 1 saturated heterocycles. The number of anilines is 1. The minimum Gasteiger partial charge on any atom is -0.492 e. The zero-order valence-electron chi connectivity index (χ0n) is 16.0. The fraction of sp³-hybridized carbons (Fsp3) is 0.364. The van der Waals surface area contributed by atoms with Crippen molar-refractivity contribution in [2.24, 2.45) is 0 Å². The van der Waals surface area contributed by atoms with Gasteiger partial charge in [-0.05, 0) is 24.3 Å². The Hall–Kier alpha value is -2.86. The summed E-state index contributed by atoms with van der Waals surface area (Å²) in [4.78, 5) is 28.5. The van der Waals surface area contributed by atoms with E-state index in [9.17, 15) is 9.59 Å². The molecule has 0 aliphatic carbocycles. The highest BCUT2D eigenvalue weighted by Gasteiger charge is 2.21. The van der Waals surface area contributed by atoms with Gasteiger partial charge in [0.25, 0.3) is 0 Å². The monoisotopic (exact) mass is 381 g/mol. The highest BCUT2D eigenvalue weighted by Crippen LogP contribution is 2.10. The summed E-state index contributed by atoms with van der Waals surface area (Å²) in [5.41, 5.74) is 0.756. The first-order valence-electron chi connectivity index (χ1n) is 9.73. The van der Waals surface area contributed by atoms with E-state index in [1.165, 1.54) is 0 Å². The fourth-order valence-corrected chi connectivity index (χ4v) is 3.15. The third-order valence-corrected chi connectivity index (χ3v) is 4.77. The number of ether oxygens (including phenoxy) is 1. The van der Waals surface area contributed by atoms with Crippen LogP contribution in [0.4, 0.5) is 5.69 Å². The molecule has 0 atom stereocenters. The SMILES string of the molecule is O=C(CCC(=O)N1CCN(CCOc2ccccc2)CC1)Nc1ccccc1. The molecule has 2 aromatic rings. The lowest BCUT2D eigenvalue weighted by molar-refractivity contribution is -0.134. The van der Waals surface area contributed by atoms with E-state index in [-0.39, 0.29) is 24.7 Å². The Morgan fingerprint density at radius 3 is 2.18 bits per heavy atom. The Morgan fingerprint density at radius 2 is 1.50 bits per heavy atom. The third-order valence-electron chi connectivity index (χ3n) is 4.77. The maximum atomic E-state index is 12.4. The predicted octanol–water partition coefficient (Wildman–Crippen LogP) is 2.63. The van der Waals surface area contributed by atoms with Gasteiger partial charge < -0.3 is 15.0 Å². The van der Waals surface area contributed by atoms with E-state index in [0.717, 1.165) is 31.1 Å². The summed E-state index contributed by atoms with van der Waals surface area (Å²) in [6.07, 6.45) is 0.453. The van der Waals surface area contributed by atoms with Crippen molar-refractivity contribution in [3.8, 4) is 5.75 Å². The molecule has 1 heterocycles. The number of hydrogen-bond donors (Lipinski definition) is 1. The summed E-state index contributed by atoms with van der Waals surface area (Å²) in [5.74, 6) is 0.796. The van der Waals surface area contributed by atoms with Crippen LogP contribution in [0.5, 0.6) is 5.75 Å². The highest BCUT2D eigenvalue weighted by atomic mass is 16.5. The summed E-state index contributed by atoms with van der Waals surface area (Å²) in [5, 5.41) is 2.81. The number of nitrogens with zero attached hydrogens (tertiary/aromatic N) is 2. The van der Waals surface area contributed by atoms with Crippen molar-refractivity contribution in [3.63, 3.8) is 0 Å². The maximum Gasteiger partial charge on any atom is 0.224 e. The van der Waals surface area contributed by atoms with Crippen molar-refractivity contribution >= 4 is 17.5 Å². The Balaban J connectivity index is 1.30. The molecule has 0 spiro atoms. The van der Waals surface area contributed by atoms with Gasteiger partial charge in [0.1, 0.15) is 12.4 Å². The van der Waals surface area contributed by atoms with Crippen LogP contribution in [-0.4, -0.2) is 60.9 Å². The molecule has 0 saturated carbocycles. The Labute approximate surface area is 166 Å². The van der Waals surface area contributed by atoms with Gasteiger partial charge in [0, 0.05) is 51.3 Å². The molecule has 0 aromatic heterocycles. The molecule has 28 heavy (non-hydrogen) atoms. The van der Waals surface area contributed by atoms with Gasteiger partial charge in [-0.1, -0.05) is 36.4 Å². The Bertz CT molecular complexity index is 744. The summed E-state index contributed by atoms with van der Waals surface area (Å²) in [7, 11) is 0. The van der Waals surface area contributed by atoms with Gasteiger partial charge in [0.2, 0.25) is 11.8 Å². The number of amides is 2. The fourth-order valence-electron chi connectivity index (χ4n) is 3.15.